The second kappa shape index (κ2) is 6.65. The number of hydrogen-bond donors (Lipinski definition) is 2. The number of alkyl halides is 3. The highest BCUT2D eigenvalue weighted by Gasteiger charge is 2.34. The smallest absolute Gasteiger partial charge is 0.326 e. The summed E-state index contributed by atoms with van der Waals surface area (Å²) in [6.07, 6.45) is 0. The molecule has 0 aliphatic rings. The maximum Gasteiger partial charge on any atom is 0.442 e. The molecule has 0 aromatic heterocycles. The third-order valence-electron chi connectivity index (χ3n) is 2.15. The standard InChI is InChI=1S/C12H13F3N2O2S/c1-7(20-12(13,14)15)11(19)17-10-5-3-9(4-6-10)16-8(2)18/h3-7H,1-2H3,(H,16,18)(H,17,19). The first kappa shape index (κ1) is 16.4. The molecule has 0 aliphatic carbocycles. The number of carbonyl (C=O) groups excluding carboxylic acids is 2. The van der Waals surface area contributed by atoms with E-state index in [4.69, 9.17) is 0 Å². The highest BCUT2D eigenvalue weighted by molar-refractivity contribution is 8.01. The SMILES string of the molecule is CC(=O)Nc1ccc(NC(=O)C(C)SC(F)(F)F)cc1. The molecule has 1 atom stereocenters. The van der Waals surface area contributed by atoms with E-state index in [9.17, 15) is 22.8 Å². The van der Waals surface area contributed by atoms with Crippen LogP contribution in [0.3, 0.4) is 0 Å². The van der Waals surface area contributed by atoms with E-state index in [0.717, 1.165) is 0 Å². The monoisotopic (exact) mass is 306 g/mol. The molecular weight excluding hydrogens is 293 g/mol. The van der Waals surface area contributed by atoms with Crippen LogP contribution < -0.4 is 10.6 Å². The summed E-state index contributed by atoms with van der Waals surface area (Å²) in [5.74, 6) is -0.975. The van der Waals surface area contributed by atoms with Gasteiger partial charge >= 0.3 is 5.51 Å². The predicted octanol–water partition coefficient (Wildman–Crippen LogP) is 3.23. The lowest BCUT2D eigenvalue weighted by atomic mass is 10.2. The zero-order valence-corrected chi connectivity index (χ0v) is 11.6. The number of rotatable bonds is 4. The molecule has 8 heteroatoms. The summed E-state index contributed by atoms with van der Waals surface area (Å²) in [5.41, 5.74) is -3.56. The van der Waals surface area contributed by atoms with Crippen LogP contribution in [0.5, 0.6) is 0 Å². The maximum atomic E-state index is 12.1. The van der Waals surface area contributed by atoms with Gasteiger partial charge in [0.2, 0.25) is 11.8 Å². The molecule has 0 spiro atoms. The molecule has 0 bridgehead atoms. The molecule has 110 valence electrons. The average Bonchev–Trinajstić information content (AvgIpc) is 2.28. The van der Waals surface area contributed by atoms with Crippen molar-refractivity contribution in [3.05, 3.63) is 24.3 Å². The van der Waals surface area contributed by atoms with Crippen LogP contribution in [0.4, 0.5) is 24.5 Å². The van der Waals surface area contributed by atoms with Crippen LogP contribution in [-0.4, -0.2) is 22.6 Å². The van der Waals surface area contributed by atoms with Crippen LogP contribution in [-0.2, 0) is 9.59 Å². The van der Waals surface area contributed by atoms with E-state index in [2.05, 4.69) is 10.6 Å². The average molecular weight is 306 g/mol. The van der Waals surface area contributed by atoms with Crippen molar-refractivity contribution in [3.63, 3.8) is 0 Å². The Balaban J connectivity index is 2.60. The van der Waals surface area contributed by atoms with Gasteiger partial charge in [0.05, 0.1) is 5.25 Å². The van der Waals surface area contributed by atoms with Crippen LogP contribution in [0, 0.1) is 0 Å². The highest BCUT2D eigenvalue weighted by atomic mass is 32.2. The highest BCUT2D eigenvalue weighted by Crippen LogP contribution is 2.34. The Bertz CT molecular complexity index is 488. The molecule has 1 aromatic carbocycles. The van der Waals surface area contributed by atoms with Crippen molar-refractivity contribution < 1.29 is 22.8 Å². The summed E-state index contributed by atoms with van der Waals surface area (Å²) in [6.45, 7) is 2.53. The molecule has 2 N–H and O–H groups in total. The Morgan fingerprint density at radius 3 is 1.95 bits per heavy atom. The molecule has 0 fully saturated rings. The minimum absolute atomic E-state index is 0.239. The third-order valence-corrected chi connectivity index (χ3v) is 2.99. The summed E-state index contributed by atoms with van der Waals surface area (Å²) < 4.78 is 36.4. The molecule has 1 aromatic rings. The molecule has 0 heterocycles. The van der Waals surface area contributed by atoms with Gasteiger partial charge in [0.25, 0.3) is 0 Å². The number of amides is 2. The minimum Gasteiger partial charge on any atom is -0.326 e. The Morgan fingerprint density at radius 2 is 1.55 bits per heavy atom. The van der Waals surface area contributed by atoms with Crippen molar-refractivity contribution in [2.24, 2.45) is 0 Å². The van der Waals surface area contributed by atoms with Crippen LogP contribution in [0.25, 0.3) is 0 Å². The lowest BCUT2D eigenvalue weighted by Crippen LogP contribution is -2.25. The zero-order valence-electron chi connectivity index (χ0n) is 10.7. The van der Waals surface area contributed by atoms with Gasteiger partial charge in [-0.3, -0.25) is 9.59 Å². The number of halogens is 3. The van der Waals surface area contributed by atoms with Crippen molar-refractivity contribution in [1.82, 2.24) is 0 Å². The van der Waals surface area contributed by atoms with Crippen LogP contribution in [0.2, 0.25) is 0 Å². The summed E-state index contributed by atoms with van der Waals surface area (Å²) in [4.78, 5) is 22.4. The van der Waals surface area contributed by atoms with E-state index in [-0.39, 0.29) is 17.7 Å². The van der Waals surface area contributed by atoms with E-state index in [1.807, 2.05) is 0 Å². The van der Waals surface area contributed by atoms with E-state index >= 15 is 0 Å². The molecule has 1 unspecified atom stereocenters. The Morgan fingerprint density at radius 1 is 1.10 bits per heavy atom. The first-order chi connectivity index (χ1) is 9.17. The maximum absolute atomic E-state index is 12.1. The molecule has 0 saturated carbocycles. The predicted molar refractivity (Wildman–Crippen MR) is 72.5 cm³/mol. The first-order valence-electron chi connectivity index (χ1n) is 5.60. The summed E-state index contributed by atoms with van der Waals surface area (Å²) in [7, 11) is 0. The van der Waals surface area contributed by atoms with Gasteiger partial charge in [-0.05, 0) is 43.0 Å². The lowest BCUT2D eigenvalue weighted by Gasteiger charge is -2.13. The van der Waals surface area contributed by atoms with Crippen molar-refractivity contribution in [2.75, 3.05) is 10.6 Å². The summed E-state index contributed by atoms with van der Waals surface area (Å²) >= 11 is -0.373. The van der Waals surface area contributed by atoms with Crippen LogP contribution >= 0.6 is 11.8 Å². The molecule has 0 aliphatic heterocycles. The first-order valence-corrected chi connectivity index (χ1v) is 6.48. The molecule has 2 amide bonds. The van der Waals surface area contributed by atoms with Crippen LogP contribution in [0.1, 0.15) is 13.8 Å². The van der Waals surface area contributed by atoms with Crippen molar-refractivity contribution in [2.45, 2.75) is 24.6 Å². The van der Waals surface area contributed by atoms with Gasteiger partial charge in [0, 0.05) is 18.3 Å². The largest absolute Gasteiger partial charge is 0.442 e. The van der Waals surface area contributed by atoms with Gasteiger partial charge in [-0.1, -0.05) is 0 Å². The fourth-order valence-corrected chi connectivity index (χ4v) is 1.90. The molecule has 4 nitrogen and oxygen atoms in total. The quantitative estimate of drug-likeness (QED) is 0.898. The topological polar surface area (TPSA) is 58.2 Å². The minimum atomic E-state index is -4.45. The van der Waals surface area contributed by atoms with Gasteiger partial charge in [-0.2, -0.15) is 13.2 Å². The molecule has 0 saturated heterocycles. The number of thioether (sulfide) groups is 1. The zero-order chi connectivity index (χ0) is 15.3. The lowest BCUT2D eigenvalue weighted by molar-refractivity contribution is -0.116. The Hall–Kier alpha value is -1.70. The Labute approximate surface area is 118 Å². The van der Waals surface area contributed by atoms with Gasteiger partial charge < -0.3 is 10.6 Å². The van der Waals surface area contributed by atoms with Gasteiger partial charge in [-0.15, -0.1) is 0 Å². The summed E-state index contributed by atoms with van der Waals surface area (Å²) in [5, 5.41) is 3.66. The van der Waals surface area contributed by atoms with E-state index in [1.165, 1.54) is 26.0 Å². The number of benzene rings is 1. The van der Waals surface area contributed by atoms with Gasteiger partial charge in [-0.25, -0.2) is 0 Å². The third kappa shape index (κ3) is 5.96. The number of carbonyl (C=O) groups is 2. The molecule has 0 radical (unpaired) electrons. The second-order valence-electron chi connectivity index (χ2n) is 3.95. The van der Waals surface area contributed by atoms with E-state index in [0.29, 0.717) is 11.4 Å². The van der Waals surface area contributed by atoms with Crippen molar-refractivity contribution in [1.29, 1.82) is 0 Å². The number of nitrogens with one attached hydrogen (secondary N) is 2. The van der Waals surface area contributed by atoms with Crippen molar-refractivity contribution in [3.8, 4) is 0 Å². The molecule has 1 rings (SSSR count). The molecular formula is C12H13F3N2O2S. The fourth-order valence-electron chi connectivity index (χ4n) is 1.34. The van der Waals surface area contributed by atoms with E-state index < -0.39 is 16.7 Å². The van der Waals surface area contributed by atoms with Gasteiger partial charge in [0.15, 0.2) is 0 Å². The normalized spacial score (nSPS) is 12.7. The summed E-state index contributed by atoms with van der Waals surface area (Å²) in [6, 6.07) is 6.07. The van der Waals surface area contributed by atoms with Gasteiger partial charge in [0.1, 0.15) is 0 Å². The van der Waals surface area contributed by atoms with Crippen LogP contribution in [0.15, 0.2) is 24.3 Å². The fraction of sp³-hybridized carbons (Fsp3) is 0.333. The molecule has 20 heavy (non-hydrogen) atoms. The van der Waals surface area contributed by atoms with E-state index in [1.54, 1.807) is 12.1 Å². The Kier molecular flexibility index (Phi) is 5.43. The second-order valence-corrected chi connectivity index (χ2v) is 5.36. The number of anilines is 2. The van der Waals surface area contributed by atoms with Crippen molar-refractivity contribution >= 4 is 35.0 Å². The number of hydrogen-bond acceptors (Lipinski definition) is 3.